The Morgan fingerprint density at radius 2 is 2.55 bits per heavy atom. The van der Waals surface area contributed by atoms with Crippen LogP contribution in [0.3, 0.4) is 0 Å². The first-order chi connectivity index (χ1) is 5.42. The van der Waals surface area contributed by atoms with Gasteiger partial charge in [-0.3, -0.25) is 5.10 Å². The highest BCUT2D eigenvalue weighted by Gasteiger charge is 2.00. The Kier molecular flexibility index (Phi) is 1.36. The molecule has 0 amide bonds. The zero-order valence-electron chi connectivity index (χ0n) is 5.96. The fraction of sp³-hybridized carbons (Fsp3) is 0.125. The number of nitrogens with two attached hydrogens (primary N) is 1. The van der Waals surface area contributed by atoms with Gasteiger partial charge in [0, 0.05) is 11.9 Å². The van der Waals surface area contributed by atoms with Gasteiger partial charge >= 0.3 is 0 Å². The lowest BCUT2D eigenvalue weighted by atomic mass is 10.2. The third kappa shape index (κ3) is 0.897. The molecule has 0 aliphatic heterocycles. The van der Waals surface area contributed by atoms with Gasteiger partial charge in [0.15, 0.2) is 0 Å². The summed E-state index contributed by atoms with van der Waals surface area (Å²) >= 11 is 0. The second kappa shape index (κ2) is 2.36. The normalized spacial score (nSPS) is 10.6. The predicted molar refractivity (Wildman–Crippen MR) is 42.8 cm³/mol. The quantitative estimate of drug-likeness (QED) is 0.625. The summed E-state index contributed by atoms with van der Waals surface area (Å²) in [6.07, 6.45) is 0. The molecule has 3 heteroatoms. The lowest BCUT2D eigenvalue weighted by Crippen LogP contribution is -1.96. The number of nitrogens with zero attached hydrogens (tertiary/aromatic N) is 1. The standard InChI is InChI=1S/C8H8N3/c9-5-8-6-3-1-2-4-7(6)10-11-8/h1,3-4H,5,9H2,(H,10,11). The first kappa shape index (κ1) is 6.37. The molecule has 0 aliphatic rings. The molecule has 0 unspecified atom stereocenters. The highest BCUT2D eigenvalue weighted by atomic mass is 15.1. The Morgan fingerprint density at radius 1 is 1.64 bits per heavy atom. The summed E-state index contributed by atoms with van der Waals surface area (Å²) in [6.45, 7) is 0.476. The highest BCUT2D eigenvalue weighted by molar-refractivity contribution is 5.80. The summed E-state index contributed by atoms with van der Waals surface area (Å²) in [7, 11) is 0. The molecule has 3 nitrogen and oxygen atoms in total. The van der Waals surface area contributed by atoms with Crippen LogP contribution >= 0.6 is 0 Å². The van der Waals surface area contributed by atoms with Gasteiger partial charge in [0.25, 0.3) is 0 Å². The molecule has 1 aromatic heterocycles. The van der Waals surface area contributed by atoms with Crippen molar-refractivity contribution in [3.8, 4) is 0 Å². The minimum Gasteiger partial charge on any atom is -0.325 e. The first-order valence-electron chi connectivity index (χ1n) is 3.45. The third-order valence-electron chi connectivity index (χ3n) is 1.68. The van der Waals surface area contributed by atoms with E-state index in [1.165, 1.54) is 0 Å². The van der Waals surface area contributed by atoms with E-state index < -0.39 is 0 Å². The summed E-state index contributed by atoms with van der Waals surface area (Å²) < 4.78 is 0. The Hall–Kier alpha value is -1.35. The highest BCUT2D eigenvalue weighted by Crippen LogP contribution is 2.13. The van der Waals surface area contributed by atoms with E-state index in [2.05, 4.69) is 16.3 Å². The van der Waals surface area contributed by atoms with Gasteiger partial charge in [-0.25, -0.2) is 0 Å². The SMILES string of the molecule is NCc1n[nH]c2c[c]ccc12. The number of hydrogen-bond acceptors (Lipinski definition) is 2. The van der Waals surface area contributed by atoms with E-state index >= 15 is 0 Å². The van der Waals surface area contributed by atoms with Crippen molar-refractivity contribution in [3.63, 3.8) is 0 Å². The molecule has 2 rings (SSSR count). The molecule has 0 fully saturated rings. The molecule has 1 aromatic carbocycles. The van der Waals surface area contributed by atoms with Crippen LogP contribution in [0.1, 0.15) is 5.69 Å². The lowest BCUT2D eigenvalue weighted by molar-refractivity contribution is 0.959. The minimum atomic E-state index is 0.476. The molecular weight excluding hydrogens is 138 g/mol. The van der Waals surface area contributed by atoms with E-state index in [0.29, 0.717) is 6.54 Å². The van der Waals surface area contributed by atoms with Gasteiger partial charge in [-0.05, 0) is 12.1 Å². The van der Waals surface area contributed by atoms with Gasteiger partial charge in [-0.2, -0.15) is 5.10 Å². The largest absolute Gasteiger partial charge is 0.325 e. The van der Waals surface area contributed by atoms with Crippen molar-refractivity contribution in [2.45, 2.75) is 6.54 Å². The average molecular weight is 146 g/mol. The maximum Gasteiger partial charge on any atom is 0.0836 e. The molecule has 2 aromatic rings. The number of aromatic amines is 1. The first-order valence-corrected chi connectivity index (χ1v) is 3.45. The molecule has 1 radical (unpaired) electrons. The van der Waals surface area contributed by atoms with Crippen LogP contribution in [-0.4, -0.2) is 10.2 Å². The molecule has 0 spiro atoms. The summed E-state index contributed by atoms with van der Waals surface area (Å²) in [4.78, 5) is 0. The van der Waals surface area contributed by atoms with Crippen LogP contribution in [-0.2, 0) is 6.54 Å². The molecule has 0 saturated heterocycles. The number of nitrogens with one attached hydrogen (secondary N) is 1. The number of fused-ring (bicyclic) bond motifs is 1. The van der Waals surface area contributed by atoms with E-state index in [-0.39, 0.29) is 0 Å². The fourth-order valence-corrected chi connectivity index (χ4v) is 1.12. The number of aromatic nitrogens is 2. The van der Waals surface area contributed by atoms with Crippen LogP contribution < -0.4 is 5.73 Å². The second-order valence-corrected chi connectivity index (χ2v) is 2.35. The van der Waals surface area contributed by atoms with Gasteiger partial charge in [0.05, 0.1) is 11.2 Å². The summed E-state index contributed by atoms with van der Waals surface area (Å²) in [5.41, 5.74) is 7.37. The summed E-state index contributed by atoms with van der Waals surface area (Å²) in [5.74, 6) is 0. The maximum absolute atomic E-state index is 5.47. The molecule has 1 heterocycles. The monoisotopic (exact) mass is 146 g/mol. The molecule has 0 atom stereocenters. The van der Waals surface area contributed by atoms with Crippen molar-refractivity contribution in [1.82, 2.24) is 10.2 Å². The van der Waals surface area contributed by atoms with Gasteiger partial charge in [0.1, 0.15) is 0 Å². The average Bonchev–Trinajstić information content (AvgIpc) is 2.47. The van der Waals surface area contributed by atoms with E-state index in [4.69, 9.17) is 5.73 Å². The molecule has 3 N–H and O–H groups in total. The molecule has 11 heavy (non-hydrogen) atoms. The number of H-pyrrole nitrogens is 1. The van der Waals surface area contributed by atoms with E-state index in [1.807, 2.05) is 18.2 Å². The van der Waals surface area contributed by atoms with Crippen molar-refractivity contribution in [3.05, 3.63) is 30.0 Å². The molecule has 0 bridgehead atoms. The van der Waals surface area contributed by atoms with Crippen molar-refractivity contribution >= 4 is 10.9 Å². The predicted octanol–water partition coefficient (Wildman–Crippen LogP) is 0.822. The van der Waals surface area contributed by atoms with Crippen LogP contribution in [0.2, 0.25) is 0 Å². The molecule has 55 valence electrons. The van der Waals surface area contributed by atoms with Crippen LogP contribution in [0.4, 0.5) is 0 Å². The Morgan fingerprint density at radius 3 is 3.36 bits per heavy atom. The number of benzene rings is 1. The zero-order chi connectivity index (χ0) is 7.68. The summed E-state index contributed by atoms with van der Waals surface area (Å²) in [5, 5.41) is 8.01. The van der Waals surface area contributed by atoms with Gasteiger partial charge in [0.2, 0.25) is 0 Å². The number of hydrogen-bond donors (Lipinski definition) is 2. The Bertz CT molecular complexity index is 364. The Labute approximate surface area is 64.2 Å². The van der Waals surface area contributed by atoms with Gasteiger partial charge < -0.3 is 5.73 Å². The lowest BCUT2D eigenvalue weighted by Gasteiger charge is -1.88. The summed E-state index contributed by atoms with van der Waals surface area (Å²) in [6, 6.07) is 8.64. The zero-order valence-corrected chi connectivity index (χ0v) is 5.96. The Balaban J connectivity index is 2.76. The third-order valence-corrected chi connectivity index (χ3v) is 1.68. The van der Waals surface area contributed by atoms with Crippen LogP contribution in [0, 0.1) is 6.07 Å². The smallest absolute Gasteiger partial charge is 0.0836 e. The van der Waals surface area contributed by atoms with Gasteiger partial charge in [-0.1, -0.05) is 12.1 Å². The van der Waals surface area contributed by atoms with Crippen molar-refractivity contribution in [2.75, 3.05) is 0 Å². The van der Waals surface area contributed by atoms with E-state index in [1.54, 1.807) is 0 Å². The van der Waals surface area contributed by atoms with Crippen molar-refractivity contribution in [1.29, 1.82) is 0 Å². The second-order valence-electron chi connectivity index (χ2n) is 2.35. The number of rotatable bonds is 1. The topological polar surface area (TPSA) is 54.7 Å². The van der Waals surface area contributed by atoms with Crippen LogP contribution in [0.15, 0.2) is 18.2 Å². The van der Waals surface area contributed by atoms with E-state index in [0.717, 1.165) is 16.6 Å². The molecule has 0 saturated carbocycles. The molecule has 0 aliphatic carbocycles. The van der Waals surface area contributed by atoms with Crippen LogP contribution in [0.25, 0.3) is 10.9 Å². The molecular formula is C8H8N3. The van der Waals surface area contributed by atoms with Crippen molar-refractivity contribution in [2.24, 2.45) is 5.73 Å². The van der Waals surface area contributed by atoms with Crippen molar-refractivity contribution < 1.29 is 0 Å². The van der Waals surface area contributed by atoms with Gasteiger partial charge in [-0.15, -0.1) is 0 Å². The maximum atomic E-state index is 5.47. The fourth-order valence-electron chi connectivity index (χ4n) is 1.12. The van der Waals surface area contributed by atoms with Crippen LogP contribution in [0.5, 0.6) is 0 Å². The minimum absolute atomic E-state index is 0.476. The van der Waals surface area contributed by atoms with E-state index in [9.17, 15) is 0 Å².